The predicted molar refractivity (Wildman–Crippen MR) is 76.6 cm³/mol. The average Bonchev–Trinajstić information content (AvgIpc) is 2.47. The molecule has 0 fully saturated rings. The molecule has 2 aromatic rings. The number of hydrogen-bond acceptors (Lipinski definition) is 4. The number of rotatable bonds is 4. The number of hydrogen-bond donors (Lipinski definition) is 1. The molecule has 0 amide bonds. The molecule has 1 N–H and O–H groups in total. The second kappa shape index (κ2) is 6.25. The fourth-order valence-electron chi connectivity index (χ4n) is 1.70. The molecular weight excluding hydrogens is 276 g/mol. The third kappa shape index (κ3) is 3.00. The van der Waals surface area contributed by atoms with Gasteiger partial charge in [-0.25, -0.2) is 4.79 Å². The van der Waals surface area contributed by atoms with E-state index in [1.54, 1.807) is 42.5 Å². The lowest BCUT2D eigenvalue weighted by molar-refractivity contribution is 0.0693. The standard InChI is InChI=1S/C15H12O4S/c1-19-12-8-4-2-6-10(12)15(18)20-13-9-5-3-7-11(13)14(16)17/h2-9H,1H3,(H,16,17). The zero-order valence-electron chi connectivity index (χ0n) is 10.7. The van der Waals surface area contributed by atoms with Crippen molar-refractivity contribution < 1.29 is 19.4 Å². The largest absolute Gasteiger partial charge is 0.496 e. The maximum Gasteiger partial charge on any atom is 0.336 e. The normalized spacial score (nSPS) is 10.1. The third-order valence-electron chi connectivity index (χ3n) is 2.65. The number of para-hydroxylation sites is 1. The van der Waals surface area contributed by atoms with Crippen LogP contribution in [0.4, 0.5) is 0 Å². The first kappa shape index (κ1) is 14.1. The van der Waals surface area contributed by atoms with E-state index < -0.39 is 5.97 Å². The fraction of sp³-hybridized carbons (Fsp3) is 0.0667. The monoisotopic (exact) mass is 288 g/mol. The number of thioether (sulfide) groups is 1. The molecule has 0 spiro atoms. The Balaban J connectivity index is 2.31. The van der Waals surface area contributed by atoms with Crippen LogP contribution in [0.15, 0.2) is 53.4 Å². The van der Waals surface area contributed by atoms with Crippen molar-refractivity contribution in [2.75, 3.05) is 7.11 Å². The van der Waals surface area contributed by atoms with Crippen LogP contribution >= 0.6 is 11.8 Å². The summed E-state index contributed by atoms with van der Waals surface area (Å²) in [4.78, 5) is 23.8. The summed E-state index contributed by atoms with van der Waals surface area (Å²) in [6, 6.07) is 13.3. The molecule has 0 aliphatic heterocycles. The van der Waals surface area contributed by atoms with Crippen molar-refractivity contribution in [3.63, 3.8) is 0 Å². The number of methoxy groups -OCH3 is 1. The van der Waals surface area contributed by atoms with E-state index in [2.05, 4.69) is 0 Å². The van der Waals surface area contributed by atoms with Gasteiger partial charge in [0.15, 0.2) is 0 Å². The molecule has 0 saturated heterocycles. The minimum Gasteiger partial charge on any atom is -0.496 e. The van der Waals surface area contributed by atoms with E-state index in [9.17, 15) is 9.59 Å². The van der Waals surface area contributed by atoms with E-state index in [0.29, 0.717) is 16.2 Å². The SMILES string of the molecule is COc1ccccc1C(=O)Sc1ccccc1C(=O)O. The topological polar surface area (TPSA) is 63.6 Å². The van der Waals surface area contributed by atoms with Gasteiger partial charge in [-0.15, -0.1) is 0 Å². The molecule has 0 aliphatic rings. The Morgan fingerprint density at radius 3 is 2.25 bits per heavy atom. The summed E-state index contributed by atoms with van der Waals surface area (Å²) in [5.74, 6) is -0.585. The van der Waals surface area contributed by atoms with Crippen molar-refractivity contribution >= 4 is 22.8 Å². The molecule has 0 radical (unpaired) electrons. The Bertz CT molecular complexity index is 652. The molecule has 2 rings (SSSR count). The molecule has 0 bridgehead atoms. The number of benzene rings is 2. The minimum absolute atomic E-state index is 0.112. The van der Waals surface area contributed by atoms with Gasteiger partial charge in [-0.2, -0.15) is 0 Å². The quantitative estimate of drug-likeness (QED) is 0.874. The van der Waals surface area contributed by atoms with Crippen LogP contribution < -0.4 is 4.74 Å². The van der Waals surface area contributed by atoms with Gasteiger partial charge in [-0.05, 0) is 36.0 Å². The van der Waals surface area contributed by atoms with Crippen LogP contribution in [0.5, 0.6) is 5.75 Å². The highest BCUT2D eigenvalue weighted by Crippen LogP contribution is 2.29. The van der Waals surface area contributed by atoms with Crippen LogP contribution in [0.1, 0.15) is 20.7 Å². The smallest absolute Gasteiger partial charge is 0.336 e. The fourth-order valence-corrected chi connectivity index (χ4v) is 2.59. The first-order valence-electron chi connectivity index (χ1n) is 5.81. The summed E-state index contributed by atoms with van der Waals surface area (Å²) in [5.41, 5.74) is 0.529. The molecule has 0 aliphatic carbocycles. The van der Waals surface area contributed by atoms with Gasteiger partial charge in [-0.3, -0.25) is 4.79 Å². The van der Waals surface area contributed by atoms with Gasteiger partial charge in [-0.1, -0.05) is 24.3 Å². The Kier molecular flexibility index (Phi) is 4.42. The van der Waals surface area contributed by atoms with Crippen LogP contribution in [0, 0.1) is 0 Å². The van der Waals surface area contributed by atoms with Crippen LogP contribution in [-0.2, 0) is 0 Å². The molecular formula is C15H12O4S. The molecule has 0 heterocycles. The zero-order valence-corrected chi connectivity index (χ0v) is 11.5. The highest BCUT2D eigenvalue weighted by Gasteiger charge is 2.17. The molecule has 0 aromatic heterocycles. The van der Waals surface area contributed by atoms with E-state index in [1.807, 2.05) is 0 Å². The highest BCUT2D eigenvalue weighted by molar-refractivity contribution is 8.14. The van der Waals surface area contributed by atoms with Crippen LogP contribution in [0.25, 0.3) is 0 Å². The van der Waals surface area contributed by atoms with Crippen LogP contribution in [-0.4, -0.2) is 23.3 Å². The predicted octanol–water partition coefficient (Wildman–Crippen LogP) is 3.33. The third-order valence-corrected chi connectivity index (χ3v) is 3.63. The number of carbonyl (C=O) groups excluding carboxylic acids is 1. The second-order valence-electron chi connectivity index (χ2n) is 3.89. The van der Waals surface area contributed by atoms with Crippen molar-refractivity contribution in [1.82, 2.24) is 0 Å². The first-order chi connectivity index (χ1) is 9.63. The van der Waals surface area contributed by atoms with Crippen molar-refractivity contribution in [2.24, 2.45) is 0 Å². The van der Waals surface area contributed by atoms with Gasteiger partial charge in [0.1, 0.15) is 5.75 Å². The molecule has 2 aromatic carbocycles. The van der Waals surface area contributed by atoms with Crippen LogP contribution in [0.3, 0.4) is 0 Å². The number of carboxylic acids is 1. The molecule has 0 atom stereocenters. The summed E-state index contributed by atoms with van der Waals surface area (Å²) < 4.78 is 5.13. The van der Waals surface area contributed by atoms with Crippen molar-refractivity contribution in [3.8, 4) is 5.75 Å². The van der Waals surface area contributed by atoms with E-state index in [4.69, 9.17) is 9.84 Å². The van der Waals surface area contributed by atoms with Gasteiger partial charge in [0.25, 0.3) is 0 Å². The number of carbonyl (C=O) groups is 2. The van der Waals surface area contributed by atoms with Gasteiger partial charge in [0.2, 0.25) is 5.12 Å². The Hall–Kier alpha value is -2.27. The molecule has 0 unspecified atom stereocenters. The molecule has 0 saturated carbocycles. The summed E-state index contributed by atoms with van der Waals surface area (Å²) in [7, 11) is 1.49. The summed E-state index contributed by atoms with van der Waals surface area (Å²) >= 11 is 0.881. The lowest BCUT2D eigenvalue weighted by Crippen LogP contribution is -2.02. The zero-order chi connectivity index (χ0) is 14.5. The second-order valence-corrected chi connectivity index (χ2v) is 4.91. The number of aromatic carboxylic acids is 1. The Morgan fingerprint density at radius 2 is 1.60 bits per heavy atom. The maximum atomic E-state index is 12.3. The van der Waals surface area contributed by atoms with Gasteiger partial charge in [0.05, 0.1) is 18.2 Å². The molecule has 102 valence electrons. The van der Waals surface area contributed by atoms with E-state index in [0.717, 1.165) is 11.8 Å². The lowest BCUT2D eigenvalue weighted by Gasteiger charge is -2.08. The molecule has 20 heavy (non-hydrogen) atoms. The van der Waals surface area contributed by atoms with Crippen molar-refractivity contribution in [1.29, 1.82) is 0 Å². The Labute approximate surface area is 120 Å². The number of ether oxygens (including phenoxy) is 1. The summed E-state index contributed by atoms with van der Waals surface area (Å²) in [5, 5.41) is 8.85. The molecule has 4 nitrogen and oxygen atoms in total. The van der Waals surface area contributed by atoms with E-state index in [-0.39, 0.29) is 10.7 Å². The van der Waals surface area contributed by atoms with Crippen LogP contribution in [0.2, 0.25) is 0 Å². The lowest BCUT2D eigenvalue weighted by atomic mass is 10.2. The van der Waals surface area contributed by atoms with E-state index in [1.165, 1.54) is 13.2 Å². The number of carboxylic acid groups (broad SMARTS) is 1. The van der Waals surface area contributed by atoms with Gasteiger partial charge >= 0.3 is 5.97 Å². The van der Waals surface area contributed by atoms with Crippen molar-refractivity contribution in [3.05, 3.63) is 59.7 Å². The van der Waals surface area contributed by atoms with E-state index >= 15 is 0 Å². The average molecular weight is 288 g/mol. The molecule has 5 heteroatoms. The highest BCUT2D eigenvalue weighted by atomic mass is 32.2. The maximum absolute atomic E-state index is 12.3. The van der Waals surface area contributed by atoms with Gasteiger partial charge < -0.3 is 9.84 Å². The summed E-state index contributed by atoms with van der Waals surface area (Å²) in [6.45, 7) is 0. The first-order valence-corrected chi connectivity index (χ1v) is 6.62. The minimum atomic E-state index is -1.05. The summed E-state index contributed by atoms with van der Waals surface area (Å²) in [6.07, 6.45) is 0. The van der Waals surface area contributed by atoms with Crippen molar-refractivity contribution in [2.45, 2.75) is 4.90 Å². The van der Waals surface area contributed by atoms with Gasteiger partial charge in [0, 0.05) is 4.90 Å². The Morgan fingerprint density at radius 1 is 1.00 bits per heavy atom.